The highest BCUT2D eigenvalue weighted by atomic mass is 35.5. The zero-order valence-electron chi connectivity index (χ0n) is 18.9. The maximum atomic E-state index is 12.7. The van der Waals surface area contributed by atoms with Gasteiger partial charge in [0.05, 0.1) is 24.3 Å². The molecule has 1 aliphatic rings. The van der Waals surface area contributed by atoms with Crippen molar-refractivity contribution in [3.63, 3.8) is 0 Å². The average molecular weight is 471 g/mol. The quantitative estimate of drug-likeness (QED) is 0.519. The number of furan rings is 1. The van der Waals surface area contributed by atoms with Crippen LogP contribution in [0.1, 0.15) is 42.9 Å². The zero-order chi connectivity index (χ0) is 23.8. The van der Waals surface area contributed by atoms with Crippen molar-refractivity contribution in [2.45, 2.75) is 26.8 Å². The fourth-order valence-electron chi connectivity index (χ4n) is 4.03. The van der Waals surface area contributed by atoms with E-state index in [2.05, 4.69) is 5.32 Å². The second-order valence-corrected chi connectivity index (χ2v) is 9.66. The van der Waals surface area contributed by atoms with Gasteiger partial charge >= 0.3 is 6.09 Å². The summed E-state index contributed by atoms with van der Waals surface area (Å²) in [6, 6.07) is 12.5. The van der Waals surface area contributed by atoms with Crippen LogP contribution in [0.3, 0.4) is 0 Å². The summed E-state index contributed by atoms with van der Waals surface area (Å²) in [5.74, 6) is 0.502. The minimum Gasteiger partial charge on any atom is -0.465 e. The first-order valence-electron chi connectivity index (χ1n) is 10.8. The monoisotopic (exact) mass is 470 g/mol. The second kappa shape index (κ2) is 9.08. The number of hydrogen-bond acceptors (Lipinski definition) is 4. The number of amides is 2. The lowest BCUT2D eigenvalue weighted by Gasteiger charge is -2.28. The van der Waals surface area contributed by atoms with Crippen molar-refractivity contribution >= 4 is 34.6 Å². The predicted octanol–water partition coefficient (Wildman–Crippen LogP) is 5.58. The molecule has 0 radical (unpaired) electrons. The van der Waals surface area contributed by atoms with Gasteiger partial charge in [0, 0.05) is 24.0 Å². The lowest BCUT2D eigenvalue weighted by Crippen LogP contribution is -2.40. The summed E-state index contributed by atoms with van der Waals surface area (Å²) >= 11 is 6.53. The van der Waals surface area contributed by atoms with E-state index in [4.69, 9.17) is 20.8 Å². The molecule has 1 aliphatic heterocycles. The Bertz CT molecular complexity index is 1170. The fourth-order valence-corrected chi connectivity index (χ4v) is 4.30. The molecule has 2 N–H and O–H groups in total. The molecule has 2 amide bonds. The van der Waals surface area contributed by atoms with Crippen LogP contribution in [-0.4, -0.2) is 48.3 Å². The van der Waals surface area contributed by atoms with Crippen molar-refractivity contribution in [1.29, 1.82) is 0 Å². The molecule has 1 fully saturated rings. The van der Waals surface area contributed by atoms with Gasteiger partial charge in [0.15, 0.2) is 5.58 Å². The molecule has 0 bridgehead atoms. The summed E-state index contributed by atoms with van der Waals surface area (Å²) in [6.07, 6.45) is -1.12. The molecule has 0 spiro atoms. The van der Waals surface area contributed by atoms with E-state index in [1.807, 2.05) is 63.2 Å². The minimum atomic E-state index is -1.12. The summed E-state index contributed by atoms with van der Waals surface area (Å²) in [7, 11) is 0. The molecule has 7 nitrogen and oxygen atoms in total. The van der Waals surface area contributed by atoms with E-state index in [9.17, 15) is 14.7 Å². The highest BCUT2D eigenvalue weighted by Crippen LogP contribution is 2.39. The van der Waals surface area contributed by atoms with Gasteiger partial charge < -0.3 is 24.5 Å². The zero-order valence-corrected chi connectivity index (χ0v) is 19.6. The van der Waals surface area contributed by atoms with Crippen LogP contribution in [-0.2, 0) is 4.74 Å². The van der Waals surface area contributed by atoms with Crippen molar-refractivity contribution in [3.8, 4) is 11.1 Å². The van der Waals surface area contributed by atoms with Gasteiger partial charge in [-0.3, -0.25) is 4.79 Å². The molecule has 2 aromatic carbocycles. The average Bonchev–Trinajstić information content (AvgIpc) is 3.21. The van der Waals surface area contributed by atoms with E-state index in [-0.39, 0.29) is 5.91 Å². The Kier molecular flexibility index (Phi) is 6.36. The number of ether oxygens (including phenoxy) is 1. The third-order valence-corrected chi connectivity index (χ3v) is 6.05. The third-order valence-electron chi connectivity index (χ3n) is 5.77. The van der Waals surface area contributed by atoms with Crippen molar-refractivity contribution in [1.82, 2.24) is 10.2 Å². The normalized spacial score (nSPS) is 15.5. The number of benzene rings is 2. The largest absolute Gasteiger partial charge is 0.465 e. The van der Waals surface area contributed by atoms with Crippen LogP contribution in [0, 0.1) is 5.41 Å². The van der Waals surface area contributed by atoms with Gasteiger partial charge in [-0.15, -0.1) is 0 Å². The molecule has 1 unspecified atom stereocenters. The SMILES string of the molecule is CC(C)(C)C(NC(=O)O)c1cc2cc(-c3ccc(C(=O)N4CCOCC4)cc3)cc(Cl)c2o1. The summed E-state index contributed by atoms with van der Waals surface area (Å²) in [5.41, 5.74) is 2.53. The number of hydrogen-bond donors (Lipinski definition) is 2. The molecule has 0 saturated carbocycles. The molecule has 1 aromatic heterocycles. The maximum absolute atomic E-state index is 12.7. The molecule has 2 heterocycles. The first-order chi connectivity index (χ1) is 15.6. The van der Waals surface area contributed by atoms with E-state index >= 15 is 0 Å². The van der Waals surface area contributed by atoms with Crippen LogP contribution >= 0.6 is 11.6 Å². The van der Waals surface area contributed by atoms with E-state index in [0.717, 1.165) is 16.5 Å². The number of carbonyl (C=O) groups is 2. The number of morpholine rings is 1. The van der Waals surface area contributed by atoms with Crippen LogP contribution in [0.25, 0.3) is 22.1 Å². The Hall–Kier alpha value is -3.03. The van der Waals surface area contributed by atoms with Crippen molar-refractivity contribution in [2.24, 2.45) is 5.41 Å². The van der Waals surface area contributed by atoms with Gasteiger partial charge in [-0.2, -0.15) is 0 Å². The molecule has 4 rings (SSSR count). The van der Waals surface area contributed by atoms with Gasteiger partial charge in [-0.25, -0.2) is 4.79 Å². The van der Waals surface area contributed by atoms with Gasteiger partial charge in [0.2, 0.25) is 0 Å². The van der Waals surface area contributed by atoms with E-state index in [0.29, 0.717) is 48.2 Å². The highest BCUT2D eigenvalue weighted by Gasteiger charge is 2.31. The van der Waals surface area contributed by atoms with E-state index in [1.165, 1.54) is 0 Å². The Balaban J connectivity index is 1.63. The van der Waals surface area contributed by atoms with Gasteiger partial charge in [0.25, 0.3) is 5.91 Å². The molecule has 3 aromatic rings. The van der Waals surface area contributed by atoms with E-state index < -0.39 is 17.6 Å². The first-order valence-corrected chi connectivity index (χ1v) is 11.2. The van der Waals surface area contributed by atoms with Gasteiger partial charge in [-0.1, -0.05) is 44.5 Å². The standard InChI is InChI=1S/C25H27ClN2O5/c1-25(2,3)22(27-24(30)31)20-14-18-12-17(13-19(26)21(18)33-20)15-4-6-16(7-5-15)23(29)28-8-10-32-11-9-28/h4-7,12-14,22,27H,8-11H2,1-3H3,(H,30,31). The number of rotatable bonds is 4. The molecule has 174 valence electrons. The van der Waals surface area contributed by atoms with Crippen LogP contribution in [0.4, 0.5) is 4.79 Å². The molecular weight excluding hydrogens is 444 g/mol. The number of fused-ring (bicyclic) bond motifs is 1. The van der Waals surface area contributed by atoms with Crippen LogP contribution in [0.2, 0.25) is 5.02 Å². The summed E-state index contributed by atoms with van der Waals surface area (Å²) < 4.78 is 11.3. The molecule has 0 aliphatic carbocycles. The van der Waals surface area contributed by atoms with Crippen molar-refractivity contribution in [2.75, 3.05) is 26.3 Å². The highest BCUT2D eigenvalue weighted by molar-refractivity contribution is 6.35. The topological polar surface area (TPSA) is 92.0 Å². The Morgan fingerprint density at radius 1 is 1.06 bits per heavy atom. The lowest BCUT2D eigenvalue weighted by molar-refractivity contribution is 0.0303. The first kappa shape index (κ1) is 23.1. The van der Waals surface area contributed by atoms with Crippen molar-refractivity contribution < 1.29 is 23.8 Å². The Morgan fingerprint density at radius 3 is 2.33 bits per heavy atom. The summed E-state index contributed by atoms with van der Waals surface area (Å²) in [6.45, 7) is 8.14. The molecule has 1 atom stereocenters. The fraction of sp³-hybridized carbons (Fsp3) is 0.360. The number of carboxylic acid groups (broad SMARTS) is 1. The van der Waals surface area contributed by atoms with Crippen LogP contribution in [0.5, 0.6) is 0 Å². The van der Waals surface area contributed by atoms with Crippen molar-refractivity contribution in [3.05, 3.63) is 58.8 Å². The maximum Gasteiger partial charge on any atom is 0.405 e. The van der Waals surface area contributed by atoms with Gasteiger partial charge in [-0.05, 0) is 46.9 Å². The number of halogens is 1. The number of nitrogens with zero attached hydrogens (tertiary/aromatic N) is 1. The third kappa shape index (κ3) is 4.99. The molecule has 33 heavy (non-hydrogen) atoms. The molecular formula is C25H27ClN2O5. The predicted molar refractivity (Wildman–Crippen MR) is 127 cm³/mol. The Labute approximate surface area is 197 Å². The second-order valence-electron chi connectivity index (χ2n) is 9.26. The Morgan fingerprint density at radius 2 is 1.73 bits per heavy atom. The number of nitrogens with one attached hydrogen (secondary N) is 1. The van der Waals surface area contributed by atoms with Gasteiger partial charge in [0.1, 0.15) is 5.76 Å². The smallest absolute Gasteiger partial charge is 0.405 e. The molecule has 1 saturated heterocycles. The van der Waals surface area contributed by atoms with Crippen LogP contribution in [0.15, 0.2) is 46.9 Å². The lowest BCUT2D eigenvalue weighted by atomic mass is 9.85. The summed E-state index contributed by atoms with van der Waals surface area (Å²) in [5, 5.41) is 13.0. The van der Waals surface area contributed by atoms with E-state index in [1.54, 1.807) is 4.90 Å². The molecule has 8 heteroatoms. The minimum absolute atomic E-state index is 0.00281. The summed E-state index contributed by atoms with van der Waals surface area (Å²) in [4.78, 5) is 25.8. The van der Waals surface area contributed by atoms with Crippen LogP contribution < -0.4 is 5.32 Å². The number of carbonyl (C=O) groups excluding carboxylic acids is 1.